The van der Waals surface area contributed by atoms with E-state index in [1.54, 1.807) is 25.1 Å². The van der Waals surface area contributed by atoms with Gasteiger partial charge >= 0.3 is 12.1 Å². The smallest absolute Gasteiger partial charge is 0.418 e. The summed E-state index contributed by atoms with van der Waals surface area (Å²) < 4.78 is 55.2. The summed E-state index contributed by atoms with van der Waals surface area (Å²) >= 11 is 5.61. The first-order chi connectivity index (χ1) is 14.6. The Balaban J connectivity index is 1.70. The second kappa shape index (κ2) is 8.89. The van der Waals surface area contributed by atoms with Crippen LogP contribution in [0.15, 0.2) is 40.8 Å². The Kier molecular flexibility index (Phi) is 6.45. The summed E-state index contributed by atoms with van der Waals surface area (Å²) in [5.74, 6) is -1.39. The third-order valence-electron chi connectivity index (χ3n) is 4.30. The van der Waals surface area contributed by atoms with Gasteiger partial charge in [0.25, 0.3) is 5.91 Å². The fourth-order valence-electron chi connectivity index (χ4n) is 2.89. The molecule has 1 amide bonds. The molecule has 2 aromatic carbocycles. The van der Waals surface area contributed by atoms with Crippen molar-refractivity contribution in [2.45, 2.75) is 20.0 Å². The first-order valence-corrected chi connectivity index (χ1v) is 9.47. The van der Waals surface area contributed by atoms with Gasteiger partial charge in [-0.15, -0.1) is 0 Å². The van der Waals surface area contributed by atoms with Gasteiger partial charge in [0.1, 0.15) is 11.3 Å². The minimum absolute atomic E-state index is 0.112. The van der Waals surface area contributed by atoms with Crippen LogP contribution < -0.4 is 10.1 Å². The first-order valence-electron chi connectivity index (χ1n) is 9.09. The van der Waals surface area contributed by atoms with Crippen molar-refractivity contribution in [2.24, 2.45) is 0 Å². The SMILES string of the molecule is CCOc1ccc2oc(C(=O)OCC(=O)Nc3ccc(Cl)cc3C(F)(F)F)c(C)c2c1. The lowest BCUT2D eigenvalue weighted by Crippen LogP contribution is -2.22. The molecule has 0 saturated carbocycles. The summed E-state index contributed by atoms with van der Waals surface area (Å²) in [4.78, 5) is 24.4. The summed E-state index contributed by atoms with van der Waals surface area (Å²) in [6.07, 6.45) is -4.73. The Morgan fingerprint density at radius 3 is 2.58 bits per heavy atom. The number of carbonyl (C=O) groups excluding carboxylic acids is 2. The van der Waals surface area contributed by atoms with Crippen molar-refractivity contribution in [3.63, 3.8) is 0 Å². The van der Waals surface area contributed by atoms with E-state index in [9.17, 15) is 22.8 Å². The van der Waals surface area contributed by atoms with Crippen LogP contribution in [-0.4, -0.2) is 25.1 Å². The van der Waals surface area contributed by atoms with E-state index in [1.807, 2.05) is 6.92 Å². The Bertz CT molecular complexity index is 1140. The van der Waals surface area contributed by atoms with Gasteiger partial charge in [-0.1, -0.05) is 11.6 Å². The van der Waals surface area contributed by atoms with Crippen molar-refractivity contribution in [2.75, 3.05) is 18.5 Å². The van der Waals surface area contributed by atoms with Gasteiger partial charge in [0.05, 0.1) is 17.9 Å². The molecule has 10 heteroatoms. The van der Waals surface area contributed by atoms with Crippen LogP contribution in [0.5, 0.6) is 5.75 Å². The highest BCUT2D eigenvalue weighted by Crippen LogP contribution is 2.36. The molecule has 1 aromatic heterocycles. The number of benzene rings is 2. The predicted molar refractivity (Wildman–Crippen MR) is 107 cm³/mol. The number of amides is 1. The molecule has 31 heavy (non-hydrogen) atoms. The molecular formula is C21H17ClF3NO5. The molecule has 0 unspecified atom stereocenters. The van der Waals surface area contributed by atoms with Crippen LogP contribution in [0.2, 0.25) is 5.02 Å². The summed E-state index contributed by atoms with van der Waals surface area (Å²) in [7, 11) is 0. The molecule has 3 aromatic rings. The van der Waals surface area contributed by atoms with Gasteiger partial charge in [-0.2, -0.15) is 13.2 Å². The normalized spacial score (nSPS) is 11.4. The second-order valence-corrected chi connectivity index (χ2v) is 6.90. The van der Waals surface area contributed by atoms with E-state index in [2.05, 4.69) is 5.32 Å². The fraction of sp³-hybridized carbons (Fsp3) is 0.238. The molecule has 0 atom stereocenters. The average Bonchev–Trinajstić information content (AvgIpc) is 3.03. The van der Waals surface area contributed by atoms with Gasteiger partial charge in [-0.3, -0.25) is 4.79 Å². The zero-order valence-electron chi connectivity index (χ0n) is 16.4. The Morgan fingerprint density at radius 2 is 1.90 bits per heavy atom. The number of carbonyl (C=O) groups is 2. The van der Waals surface area contributed by atoms with E-state index >= 15 is 0 Å². The molecule has 164 valence electrons. The lowest BCUT2D eigenvalue weighted by molar-refractivity contribution is -0.137. The number of nitrogens with one attached hydrogen (secondary N) is 1. The Morgan fingerprint density at radius 1 is 1.16 bits per heavy atom. The van der Waals surface area contributed by atoms with E-state index in [0.29, 0.717) is 35.0 Å². The summed E-state index contributed by atoms with van der Waals surface area (Å²) in [6, 6.07) is 7.94. The fourth-order valence-corrected chi connectivity index (χ4v) is 3.07. The lowest BCUT2D eigenvalue weighted by atomic mass is 10.1. The van der Waals surface area contributed by atoms with E-state index in [1.165, 1.54) is 6.07 Å². The van der Waals surface area contributed by atoms with Gasteiger partial charge in [0.2, 0.25) is 5.76 Å². The molecule has 0 aliphatic heterocycles. The Hall–Kier alpha value is -3.20. The van der Waals surface area contributed by atoms with Crippen LogP contribution in [0.25, 0.3) is 11.0 Å². The maximum absolute atomic E-state index is 13.1. The standard InChI is InChI=1S/C21H17ClF3NO5/c1-3-29-13-5-7-17-14(9-13)11(2)19(31-17)20(28)30-10-18(27)26-16-6-4-12(22)8-15(16)21(23,24)25/h4-9H,3,10H2,1-2H3,(H,26,27). The number of hydrogen-bond acceptors (Lipinski definition) is 5. The predicted octanol–water partition coefficient (Wildman–Crippen LogP) is 5.61. The van der Waals surface area contributed by atoms with Crippen molar-refractivity contribution in [1.29, 1.82) is 0 Å². The van der Waals surface area contributed by atoms with Gasteiger partial charge in [-0.25, -0.2) is 4.79 Å². The Labute approximate surface area is 179 Å². The highest BCUT2D eigenvalue weighted by Gasteiger charge is 2.34. The number of furan rings is 1. The van der Waals surface area contributed by atoms with Gasteiger partial charge in [-0.05, 0) is 50.2 Å². The highest BCUT2D eigenvalue weighted by atomic mass is 35.5. The number of rotatable bonds is 6. The van der Waals surface area contributed by atoms with Crippen LogP contribution in [0.1, 0.15) is 28.6 Å². The van der Waals surface area contributed by atoms with E-state index in [0.717, 1.165) is 6.07 Å². The maximum atomic E-state index is 13.1. The van der Waals surface area contributed by atoms with Crippen LogP contribution in [0.3, 0.4) is 0 Å². The number of alkyl halides is 3. The largest absolute Gasteiger partial charge is 0.494 e. The molecule has 6 nitrogen and oxygen atoms in total. The van der Waals surface area contributed by atoms with Crippen LogP contribution in [-0.2, 0) is 15.7 Å². The monoisotopic (exact) mass is 455 g/mol. The molecule has 0 aliphatic carbocycles. The van der Waals surface area contributed by atoms with Crippen LogP contribution >= 0.6 is 11.6 Å². The van der Waals surface area contributed by atoms with E-state index in [-0.39, 0.29) is 10.8 Å². The molecule has 0 spiro atoms. The molecule has 0 saturated heterocycles. The molecule has 0 aliphatic rings. The topological polar surface area (TPSA) is 77.8 Å². The van der Waals surface area contributed by atoms with Crippen molar-refractivity contribution >= 4 is 40.1 Å². The van der Waals surface area contributed by atoms with Crippen molar-refractivity contribution in [3.8, 4) is 5.75 Å². The lowest BCUT2D eigenvalue weighted by Gasteiger charge is -2.14. The molecule has 0 fully saturated rings. The number of anilines is 1. The van der Waals surface area contributed by atoms with Crippen molar-refractivity contribution in [1.82, 2.24) is 0 Å². The molecule has 0 bridgehead atoms. The van der Waals surface area contributed by atoms with Gasteiger partial charge < -0.3 is 19.2 Å². The molecule has 0 radical (unpaired) electrons. The summed E-state index contributed by atoms with van der Waals surface area (Å²) in [5, 5.41) is 2.57. The minimum Gasteiger partial charge on any atom is -0.494 e. The minimum atomic E-state index is -4.73. The molecule has 1 N–H and O–H groups in total. The maximum Gasteiger partial charge on any atom is 0.418 e. The van der Waals surface area contributed by atoms with Crippen LogP contribution in [0.4, 0.5) is 18.9 Å². The van der Waals surface area contributed by atoms with Crippen LogP contribution in [0, 0.1) is 6.92 Å². The number of hydrogen-bond donors (Lipinski definition) is 1. The number of esters is 1. The third-order valence-corrected chi connectivity index (χ3v) is 4.53. The highest BCUT2D eigenvalue weighted by molar-refractivity contribution is 6.30. The molecular weight excluding hydrogens is 439 g/mol. The van der Waals surface area contributed by atoms with E-state index < -0.39 is 35.9 Å². The van der Waals surface area contributed by atoms with E-state index in [4.69, 9.17) is 25.5 Å². The third kappa shape index (κ3) is 5.11. The summed E-state index contributed by atoms with van der Waals surface area (Å²) in [5.41, 5.74) is -0.702. The number of ether oxygens (including phenoxy) is 2. The zero-order valence-corrected chi connectivity index (χ0v) is 17.2. The average molecular weight is 456 g/mol. The number of fused-ring (bicyclic) bond motifs is 1. The van der Waals surface area contributed by atoms with Crippen molar-refractivity contribution < 1.29 is 36.7 Å². The zero-order chi connectivity index (χ0) is 22.8. The van der Waals surface area contributed by atoms with Gasteiger partial charge in [0, 0.05) is 16.0 Å². The molecule has 3 rings (SSSR count). The molecule has 1 heterocycles. The summed E-state index contributed by atoms with van der Waals surface area (Å²) in [6.45, 7) is 3.14. The first kappa shape index (κ1) is 22.5. The number of aryl methyl sites for hydroxylation is 1. The second-order valence-electron chi connectivity index (χ2n) is 6.46. The van der Waals surface area contributed by atoms with Gasteiger partial charge in [0.15, 0.2) is 6.61 Å². The number of halogens is 4. The van der Waals surface area contributed by atoms with Crippen molar-refractivity contribution in [3.05, 3.63) is 58.3 Å². The quantitative estimate of drug-likeness (QED) is 0.489.